The van der Waals surface area contributed by atoms with E-state index in [1.807, 2.05) is 26.0 Å². The molecule has 0 bridgehead atoms. The molecular formula is C13H20BrN3O2S. The van der Waals surface area contributed by atoms with Crippen molar-refractivity contribution in [3.63, 3.8) is 0 Å². The number of nitrogens with one attached hydrogen (secondary N) is 1. The van der Waals surface area contributed by atoms with Crippen LogP contribution in [0.15, 0.2) is 15.9 Å². The van der Waals surface area contributed by atoms with Crippen molar-refractivity contribution in [3.8, 4) is 0 Å². The Balaban J connectivity index is 2.40. The van der Waals surface area contributed by atoms with Crippen LogP contribution < -0.4 is 11.1 Å². The zero-order valence-corrected chi connectivity index (χ0v) is 14.3. The number of nitrogens with zero attached hydrogens (tertiary/aromatic N) is 1. The maximum absolute atomic E-state index is 11.9. The molecule has 0 aliphatic rings. The standard InChI is InChI=1S/C13H20BrN3O2S/c1-8(2)12(15)13(19)16-6-11(18)17(3)7-9-4-5-10(14)20-9/h4-5,8,12H,6-7,15H2,1-3H3,(H,16,19)/t12-/m0/s1. The van der Waals surface area contributed by atoms with Gasteiger partial charge in [0.05, 0.1) is 22.9 Å². The normalized spacial score (nSPS) is 12.3. The summed E-state index contributed by atoms with van der Waals surface area (Å²) in [5, 5.41) is 2.57. The fourth-order valence-electron chi connectivity index (χ4n) is 1.48. The zero-order valence-electron chi connectivity index (χ0n) is 11.9. The molecule has 1 aromatic rings. The number of rotatable bonds is 6. The summed E-state index contributed by atoms with van der Waals surface area (Å²) >= 11 is 4.96. The predicted octanol–water partition coefficient (Wildman–Crippen LogP) is 1.57. The molecule has 3 N–H and O–H groups in total. The van der Waals surface area contributed by atoms with Crippen molar-refractivity contribution in [2.75, 3.05) is 13.6 Å². The van der Waals surface area contributed by atoms with Crippen LogP contribution in [0.25, 0.3) is 0 Å². The minimum atomic E-state index is -0.582. The summed E-state index contributed by atoms with van der Waals surface area (Å²) in [4.78, 5) is 26.2. The third kappa shape index (κ3) is 5.22. The van der Waals surface area contributed by atoms with E-state index in [-0.39, 0.29) is 24.3 Å². The first-order valence-electron chi connectivity index (χ1n) is 6.32. The van der Waals surface area contributed by atoms with Gasteiger partial charge in [-0.3, -0.25) is 9.59 Å². The van der Waals surface area contributed by atoms with E-state index in [4.69, 9.17) is 5.73 Å². The summed E-state index contributed by atoms with van der Waals surface area (Å²) < 4.78 is 1.03. The average molecular weight is 362 g/mol. The summed E-state index contributed by atoms with van der Waals surface area (Å²) in [5.41, 5.74) is 5.71. The first kappa shape index (κ1) is 17.1. The first-order chi connectivity index (χ1) is 9.31. The summed E-state index contributed by atoms with van der Waals surface area (Å²) in [6.07, 6.45) is 0. The molecular weight excluding hydrogens is 342 g/mol. The lowest BCUT2D eigenvalue weighted by Crippen LogP contribution is -2.47. The number of nitrogens with two attached hydrogens (primary N) is 1. The molecule has 0 saturated carbocycles. The van der Waals surface area contributed by atoms with Gasteiger partial charge >= 0.3 is 0 Å². The molecule has 5 nitrogen and oxygen atoms in total. The van der Waals surface area contributed by atoms with Crippen LogP contribution in [0.5, 0.6) is 0 Å². The minimum Gasteiger partial charge on any atom is -0.346 e. The number of amides is 2. The Bertz CT molecular complexity index is 476. The number of carbonyl (C=O) groups is 2. The Labute approximate surface area is 131 Å². The van der Waals surface area contributed by atoms with E-state index in [9.17, 15) is 9.59 Å². The van der Waals surface area contributed by atoms with Gasteiger partial charge in [0.15, 0.2) is 0 Å². The van der Waals surface area contributed by atoms with E-state index in [2.05, 4.69) is 21.2 Å². The lowest BCUT2D eigenvalue weighted by molar-refractivity contribution is -0.132. The maximum Gasteiger partial charge on any atom is 0.242 e. The van der Waals surface area contributed by atoms with E-state index in [1.165, 1.54) is 0 Å². The van der Waals surface area contributed by atoms with Crippen LogP contribution in [0, 0.1) is 5.92 Å². The molecule has 1 rings (SSSR count). The van der Waals surface area contributed by atoms with Gasteiger partial charge in [0.1, 0.15) is 0 Å². The van der Waals surface area contributed by atoms with Gasteiger partial charge in [-0.1, -0.05) is 13.8 Å². The van der Waals surface area contributed by atoms with Gasteiger partial charge in [-0.2, -0.15) is 0 Å². The van der Waals surface area contributed by atoms with Gasteiger partial charge in [0, 0.05) is 11.9 Å². The van der Waals surface area contributed by atoms with Crippen molar-refractivity contribution in [1.82, 2.24) is 10.2 Å². The molecule has 0 spiro atoms. The van der Waals surface area contributed by atoms with Gasteiger partial charge in [0.25, 0.3) is 0 Å². The smallest absolute Gasteiger partial charge is 0.242 e. The lowest BCUT2D eigenvalue weighted by Gasteiger charge is -2.19. The van der Waals surface area contributed by atoms with Gasteiger partial charge < -0.3 is 16.0 Å². The second-order valence-electron chi connectivity index (χ2n) is 4.94. The van der Waals surface area contributed by atoms with Crippen LogP contribution in [0.3, 0.4) is 0 Å². The van der Waals surface area contributed by atoms with Gasteiger partial charge in [-0.15, -0.1) is 11.3 Å². The summed E-state index contributed by atoms with van der Waals surface area (Å²) in [5.74, 6) is -0.384. The molecule has 0 aliphatic heterocycles. The molecule has 1 heterocycles. The number of thiophene rings is 1. The summed E-state index contributed by atoms with van der Waals surface area (Å²) in [6, 6.07) is 3.33. The second kappa shape index (κ2) is 7.75. The van der Waals surface area contributed by atoms with Crippen molar-refractivity contribution >= 4 is 39.1 Å². The SMILES string of the molecule is CC(C)[C@H](N)C(=O)NCC(=O)N(C)Cc1ccc(Br)s1. The maximum atomic E-state index is 11.9. The third-order valence-corrected chi connectivity index (χ3v) is 4.49. The number of halogens is 1. The highest BCUT2D eigenvalue weighted by atomic mass is 79.9. The topological polar surface area (TPSA) is 75.4 Å². The van der Waals surface area contributed by atoms with E-state index in [0.29, 0.717) is 6.54 Å². The van der Waals surface area contributed by atoms with Crippen LogP contribution in [-0.2, 0) is 16.1 Å². The highest BCUT2D eigenvalue weighted by molar-refractivity contribution is 9.11. The largest absolute Gasteiger partial charge is 0.346 e. The summed E-state index contributed by atoms with van der Waals surface area (Å²) in [7, 11) is 1.71. The number of likely N-dealkylation sites (N-methyl/N-ethyl adjacent to an activating group) is 1. The zero-order chi connectivity index (χ0) is 15.3. The predicted molar refractivity (Wildman–Crippen MR) is 84.3 cm³/mol. The highest BCUT2D eigenvalue weighted by Crippen LogP contribution is 2.22. The van der Waals surface area contributed by atoms with Gasteiger partial charge in [-0.05, 0) is 34.0 Å². The van der Waals surface area contributed by atoms with Crippen molar-refractivity contribution in [1.29, 1.82) is 0 Å². The molecule has 0 saturated heterocycles. The first-order valence-corrected chi connectivity index (χ1v) is 7.93. The molecule has 2 amide bonds. The fraction of sp³-hybridized carbons (Fsp3) is 0.538. The third-order valence-electron chi connectivity index (χ3n) is 2.88. The molecule has 0 aromatic carbocycles. The monoisotopic (exact) mass is 361 g/mol. The Morgan fingerprint density at radius 1 is 1.45 bits per heavy atom. The van der Waals surface area contributed by atoms with Crippen molar-refractivity contribution in [2.45, 2.75) is 26.4 Å². The van der Waals surface area contributed by atoms with Crippen LogP contribution in [-0.4, -0.2) is 36.3 Å². The van der Waals surface area contributed by atoms with Crippen LogP contribution in [0.1, 0.15) is 18.7 Å². The summed E-state index contributed by atoms with van der Waals surface area (Å²) in [6.45, 7) is 4.24. The van der Waals surface area contributed by atoms with Crippen LogP contribution in [0.4, 0.5) is 0 Å². The van der Waals surface area contributed by atoms with E-state index in [0.717, 1.165) is 8.66 Å². The quantitative estimate of drug-likeness (QED) is 0.807. The molecule has 1 atom stereocenters. The van der Waals surface area contributed by atoms with E-state index >= 15 is 0 Å². The Morgan fingerprint density at radius 2 is 2.10 bits per heavy atom. The van der Waals surface area contributed by atoms with Crippen LogP contribution >= 0.6 is 27.3 Å². The molecule has 0 fully saturated rings. The Morgan fingerprint density at radius 3 is 2.60 bits per heavy atom. The molecule has 0 unspecified atom stereocenters. The molecule has 20 heavy (non-hydrogen) atoms. The molecule has 0 radical (unpaired) electrons. The fourth-order valence-corrected chi connectivity index (χ4v) is 3.01. The highest BCUT2D eigenvalue weighted by Gasteiger charge is 2.18. The van der Waals surface area contributed by atoms with E-state index < -0.39 is 6.04 Å². The minimum absolute atomic E-state index is 0.0255. The molecule has 7 heteroatoms. The van der Waals surface area contributed by atoms with Gasteiger partial charge in [0.2, 0.25) is 11.8 Å². The lowest BCUT2D eigenvalue weighted by atomic mass is 10.1. The van der Waals surface area contributed by atoms with Crippen molar-refractivity contribution in [3.05, 3.63) is 20.8 Å². The molecule has 1 aromatic heterocycles. The van der Waals surface area contributed by atoms with Crippen molar-refractivity contribution < 1.29 is 9.59 Å². The van der Waals surface area contributed by atoms with E-state index in [1.54, 1.807) is 23.3 Å². The average Bonchev–Trinajstić information content (AvgIpc) is 2.79. The van der Waals surface area contributed by atoms with Crippen LogP contribution in [0.2, 0.25) is 0 Å². The number of hydrogen-bond acceptors (Lipinski definition) is 4. The number of carbonyl (C=O) groups excluding carboxylic acids is 2. The molecule has 112 valence electrons. The van der Waals surface area contributed by atoms with Crippen molar-refractivity contribution in [2.24, 2.45) is 11.7 Å². The van der Waals surface area contributed by atoms with Gasteiger partial charge in [-0.25, -0.2) is 0 Å². The molecule has 0 aliphatic carbocycles. The Kier molecular flexibility index (Phi) is 6.64. The Hall–Kier alpha value is -0.920. The second-order valence-corrected chi connectivity index (χ2v) is 7.49. The number of hydrogen-bond donors (Lipinski definition) is 2.